The molecule has 2 aromatic rings. The molecule has 0 radical (unpaired) electrons. The van der Waals surface area contributed by atoms with E-state index < -0.39 is 11.6 Å². The lowest BCUT2D eigenvalue weighted by molar-refractivity contribution is 0.554. The van der Waals surface area contributed by atoms with Crippen molar-refractivity contribution in [1.82, 2.24) is 9.78 Å². The van der Waals surface area contributed by atoms with Gasteiger partial charge in [-0.05, 0) is 26.8 Å². The summed E-state index contributed by atoms with van der Waals surface area (Å²) in [6, 6.07) is 3.45. The van der Waals surface area contributed by atoms with Crippen molar-refractivity contribution < 1.29 is 8.78 Å². The lowest BCUT2D eigenvalue weighted by Crippen LogP contribution is -2.09. The number of aromatic nitrogens is 2. The fraction of sp³-hybridized carbons (Fsp3) is 0.357. The Kier molecular flexibility index (Phi) is 3.66. The molecule has 2 N–H and O–H groups in total. The van der Waals surface area contributed by atoms with E-state index in [1.807, 2.05) is 20.8 Å². The molecule has 19 heavy (non-hydrogen) atoms. The number of nitrogens with two attached hydrogens (primary N) is 1. The minimum atomic E-state index is -0.578. The first-order chi connectivity index (χ1) is 8.90. The van der Waals surface area contributed by atoms with Gasteiger partial charge in [0.2, 0.25) is 0 Å². The van der Waals surface area contributed by atoms with Gasteiger partial charge in [-0.1, -0.05) is 6.07 Å². The predicted molar refractivity (Wildman–Crippen MR) is 69.8 cm³/mol. The highest BCUT2D eigenvalue weighted by Crippen LogP contribution is 2.21. The largest absolute Gasteiger partial charge is 0.324 e. The average molecular weight is 265 g/mol. The summed E-state index contributed by atoms with van der Waals surface area (Å²) in [4.78, 5) is 0. The van der Waals surface area contributed by atoms with Gasteiger partial charge in [0.15, 0.2) is 0 Å². The summed E-state index contributed by atoms with van der Waals surface area (Å²) in [7, 11) is 0. The predicted octanol–water partition coefficient (Wildman–Crippen LogP) is 2.85. The number of nitrogens with zero attached hydrogens (tertiary/aromatic N) is 2. The molecule has 3 nitrogen and oxygen atoms in total. The molecule has 1 aromatic carbocycles. The smallest absolute Gasteiger partial charge is 0.131 e. The third kappa shape index (κ3) is 2.66. The molecule has 0 aliphatic rings. The quantitative estimate of drug-likeness (QED) is 0.927. The fourth-order valence-corrected chi connectivity index (χ4v) is 2.33. The van der Waals surface area contributed by atoms with E-state index in [1.165, 1.54) is 12.1 Å². The van der Waals surface area contributed by atoms with Gasteiger partial charge < -0.3 is 5.73 Å². The summed E-state index contributed by atoms with van der Waals surface area (Å²) in [5.41, 5.74) is 9.03. The molecule has 0 amide bonds. The molecule has 0 bridgehead atoms. The van der Waals surface area contributed by atoms with Crippen LogP contribution in [0.2, 0.25) is 0 Å². The van der Waals surface area contributed by atoms with Crippen LogP contribution in [0.4, 0.5) is 8.78 Å². The maximum absolute atomic E-state index is 13.6. The normalized spacial score (nSPS) is 12.7. The number of rotatable bonds is 3. The fourth-order valence-electron chi connectivity index (χ4n) is 2.33. The topological polar surface area (TPSA) is 43.8 Å². The third-order valence-corrected chi connectivity index (χ3v) is 3.23. The lowest BCUT2D eigenvalue weighted by atomic mass is 10.1. The zero-order chi connectivity index (χ0) is 14.2. The highest BCUT2D eigenvalue weighted by Gasteiger charge is 2.15. The Morgan fingerprint density at radius 3 is 2.53 bits per heavy atom. The van der Waals surface area contributed by atoms with Gasteiger partial charge in [-0.2, -0.15) is 5.10 Å². The summed E-state index contributed by atoms with van der Waals surface area (Å²) in [6.07, 6.45) is 0. The SMILES string of the molecule is Cc1nn(Cc2ccc(F)cc2F)c(C)c1C(C)N. The van der Waals surface area contributed by atoms with Gasteiger partial charge in [-0.15, -0.1) is 0 Å². The first-order valence-corrected chi connectivity index (χ1v) is 6.13. The van der Waals surface area contributed by atoms with Crippen molar-refractivity contribution in [2.75, 3.05) is 0 Å². The van der Waals surface area contributed by atoms with Crippen molar-refractivity contribution in [3.05, 3.63) is 52.3 Å². The standard InChI is InChI=1S/C14H17F2N3/c1-8(17)14-9(2)18-19(10(14)3)7-11-4-5-12(15)6-13(11)16/h4-6,8H,7,17H2,1-3H3. The summed E-state index contributed by atoms with van der Waals surface area (Å²) in [5, 5.41) is 4.37. The van der Waals surface area contributed by atoms with Crippen LogP contribution in [-0.2, 0) is 6.54 Å². The lowest BCUT2D eigenvalue weighted by Gasteiger charge is -2.08. The minimum absolute atomic E-state index is 0.119. The highest BCUT2D eigenvalue weighted by molar-refractivity contribution is 5.28. The second kappa shape index (κ2) is 5.09. The molecule has 1 atom stereocenters. The van der Waals surface area contributed by atoms with Crippen molar-refractivity contribution in [3.63, 3.8) is 0 Å². The summed E-state index contributed by atoms with van der Waals surface area (Å²) in [5.74, 6) is -1.14. The summed E-state index contributed by atoms with van der Waals surface area (Å²) >= 11 is 0. The Labute approximate surface area is 111 Å². The maximum atomic E-state index is 13.6. The summed E-state index contributed by atoms with van der Waals surface area (Å²) < 4.78 is 28.2. The van der Waals surface area contributed by atoms with E-state index in [-0.39, 0.29) is 12.6 Å². The van der Waals surface area contributed by atoms with E-state index in [4.69, 9.17) is 5.73 Å². The highest BCUT2D eigenvalue weighted by atomic mass is 19.1. The minimum Gasteiger partial charge on any atom is -0.324 e. The number of benzene rings is 1. The monoisotopic (exact) mass is 265 g/mol. The van der Waals surface area contributed by atoms with Gasteiger partial charge in [0.05, 0.1) is 12.2 Å². The van der Waals surface area contributed by atoms with E-state index in [0.717, 1.165) is 23.0 Å². The number of hydrogen-bond donors (Lipinski definition) is 1. The van der Waals surface area contributed by atoms with Gasteiger partial charge >= 0.3 is 0 Å². The molecule has 1 aromatic heterocycles. The van der Waals surface area contributed by atoms with E-state index in [0.29, 0.717) is 5.56 Å². The van der Waals surface area contributed by atoms with Crippen molar-refractivity contribution in [2.45, 2.75) is 33.4 Å². The van der Waals surface area contributed by atoms with Crippen LogP contribution in [0.15, 0.2) is 18.2 Å². The molecule has 0 saturated heterocycles. The van der Waals surface area contributed by atoms with Gasteiger partial charge in [0.1, 0.15) is 11.6 Å². The Balaban J connectivity index is 2.36. The number of halogens is 2. The molecule has 1 heterocycles. The van der Waals surface area contributed by atoms with Gasteiger partial charge in [0, 0.05) is 28.9 Å². The number of aryl methyl sites for hydroxylation is 1. The van der Waals surface area contributed by atoms with Crippen LogP contribution in [0.3, 0.4) is 0 Å². The maximum Gasteiger partial charge on any atom is 0.131 e. The van der Waals surface area contributed by atoms with Crippen LogP contribution in [0.5, 0.6) is 0 Å². The first-order valence-electron chi connectivity index (χ1n) is 6.13. The van der Waals surface area contributed by atoms with Crippen LogP contribution in [0, 0.1) is 25.5 Å². The number of hydrogen-bond acceptors (Lipinski definition) is 2. The zero-order valence-corrected chi connectivity index (χ0v) is 11.2. The molecule has 2 rings (SSSR count). The van der Waals surface area contributed by atoms with Crippen LogP contribution >= 0.6 is 0 Å². The van der Waals surface area contributed by atoms with Gasteiger partial charge in [0.25, 0.3) is 0 Å². The Morgan fingerprint density at radius 2 is 2.00 bits per heavy atom. The molecule has 102 valence electrons. The van der Waals surface area contributed by atoms with Crippen molar-refractivity contribution in [1.29, 1.82) is 0 Å². The van der Waals surface area contributed by atoms with Gasteiger partial charge in [-0.3, -0.25) is 4.68 Å². The molecule has 1 unspecified atom stereocenters. The molecule has 0 spiro atoms. The Hall–Kier alpha value is -1.75. The van der Waals surface area contributed by atoms with Gasteiger partial charge in [-0.25, -0.2) is 8.78 Å². The van der Waals surface area contributed by atoms with Crippen LogP contribution < -0.4 is 5.73 Å². The molecule has 0 fully saturated rings. The zero-order valence-electron chi connectivity index (χ0n) is 11.2. The van der Waals surface area contributed by atoms with E-state index in [2.05, 4.69) is 5.10 Å². The molecule has 0 aliphatic heterocycles. The second-order valence-electron chi connectivity index (χ2n) is 4.77. The Morgan fingerprint density at radius 1 is 1.32 bits per heavy atom. The van der Waals surface area contributed by atoms with Crippen molar-refractivity contribution in [2.24, 2.45) is 5.73 Å². The Bertz CT molecular complexity index is 603. The molecule has 0 aliphatic carbocycles. The van der Waals surface area contributed by atoms with E-state index >= 15 is 0 Å². The molecule has 0 saturated carbocycles. The summed E-state index contributed by atoms with van der Waals surface area (Å²) in [6.45, 7) is 5.94. The second-order valence-corrected chi connectivity index (χ2v) is 4.77. The first kappa shape index (κ1) is 13.7. The van der Waals surface area contributed by atoms with Crippen LogP contribution in [-0.4, -0.2) is 9.78 Å². The van der Waals surface area contributed by atoms with E-state index in [9.17, 15) is 8.78 Å². The van der Waals surface area contributed by atoms with Crippen molar-refractivity contribution >= 4 is 0 Å². The molecular weight excluding hydrogens is 248 g/mol. The van der Waals surface area contributed by atoms with Crippen LogP contribution in [0.1, 0.15) is 35.5 Å². The molecular formula is C14H17F2N3. The average Bonchev–Trinajstić information content (AvgIpc) is 2.58. The third-order valence-electron chi connectivity index (χ3n) is 3.23. The van der Waals surface area contributed by atoms with E-state index in [1.54, 1.807) is 4.68 Å². The van der Waals surface area contributed by atoms with Crippen molar-refractivity contribution in [3.8, 4) is 0 Å². The van der Waals surface area contributed by atoms with Crippen LogP contribution in [0.25, 0.3) is 0 Å². The molecule has 5 heteroatoms.